The molecule has 8 nitrogen and oxygen atoms in total. The number of hydrogen-bond donors (Lipinski definition) is 1. The molecule has 3 heterocycles. The van der Waals surface area contributed by atoms with E-state index in [9.17, 15) is 4.79 Å². The Hall–Kier alpha value is -2.75. The summed E-state index contributed by atoms with van der Waals surface area (Å²) in [6.07, 6.45) is 0. The molecule has 0 spiro atoms. The molecule has 0 aliphatic carbocycles. The number of rotatable bonds is 7. The van der Waals surface area contributed by atoms with E-state index in [4.69, 9.17) is 14.0 Å². The summed E-state index contributed by atoms with van der Waals surface area (Å²) in [7, 11) is 0. The third-order valence-electron chi connectivity index (χ3n) is 4.92. The molecule has 0 saturated carbocycles. The quantitative estimate of drug-likeness (QED) is 0.617. The van der Waals surface area contributed by atoms with Crippen molar-refractivity contribution in [2.24, 2.45) is 0 Å². The molecule has 3 aromatic rings. The Balaban J connectivity index is 1.35. The van der Waals surface area contributed by atoms with Gasteiger partial charge in [-0.05, 0) is 32.0 Å². The zero-order chi connectivity index (χ0) is 20.9. The third-order valence-corrected chi connectivity index (χ3v) is 5.73. The van der Waals surface area contributed by atoms with Crippen molar-refractivity contribution in [2.45, 2.75) is 27.0 Å². The first-order valence-electron chi connectivity index (χ1n) is 9.79. The summed E-state index contributed by atoms with van der Waals surface area (Å²) in [5.74, 6) is 1.12. The van der Waals surface area contributed by atoms with Crippen LogP contribution >= 0.6 is 11.3 Å². The van der Waals surface area contributed by atoms with Gasteiger partial charge >= 0.3 is 0 Å². The molecule has 30 heavy (non-hydrogen) atoms. The van der Waals surface area contributed by atoms with Gasteiger partial charge in [-0.1, -0.05) is 11.2 Å². The second kappa shape index (κ2) is 9.38. The van der Waals surface area contributed by atoms with Crippen molar-refractivity contribution in [2.75, 3.05) is 31.6 Å². The van der Waals surface area contributed by atoms with Crippen molar-refractivity contribution in [1.82, 2.24) is 15.0 Å². The molecule has 0 atom stereocenters. The van der Waals surface area contributed by atoms with E-state index in [0.29, 0.717) is 23.1 Å². The minimum absolute atomic E-state index is 0.218. The highest BCUT2D eigenvalue weighted by Gasteiger charge is 2.15. The molecule has 1 saturated heterocycles. The van der Waals surface area contributed by atoms with Crippen LogP contribution in [0, 0.1) is 13.8 Å². The fourth-order valence-electron chi connectivity index (χ4n) is 3.19. The molecular formula is C21H24N4O4S. The van der Waals surface area contributed by atoms with Gasteiger partial charge in [0.1, 0.15) is 18.1 Å². The summed E-state index contributed by atoms with van der Waals surface area (Å²) in [6, 6.07) is 7.08. The molecule has 158 valence electrons. The van der Waals surface area contributed by atoms with Gasteiger partial charge in [-0.2, -0.15) is 0 Å². The normalized spacial score (nSPS) is 14.6. The monoisotopic (exact) mass is 428 g/mol. The van der Waals surface area contributed by atoms with Crippen molar-refractivity contribution in [3.8, 4) is 5.75 Å². The maximum Gasteiger partial charge on any atom is 0.257 e. The molecule has 1 fully saturated rings. The van der Waals surface area contributed by atoms with Crippen LogP contribution in [0.3, 0.4) is 0 Å². The SMILES string of the molecule is Cc1noc(C)c1COc1cccc(C(=O)Nc2nc(CN3CCOCC3)cs2)c1. The smallest absolute Gasteiger partial charge is 0.257 e. The number of aryl methyl sites for hydroxylation is 2. The fraction of sp³-hybridized carbons (Fsp3) is 0.381. The second-order valence-corrected chi connectivity index (χ2v) is 7.96. The van der Waals surface area contributed by atoms with Gasteiger partial charge in [0.15, 0.2) is 5.13 Å². The standard InChI is InChI=1S/C21H24N4O4S/c1-14-19(15(2)29-24-14)12-28-18-5-3-4-16(10-18)20(26)23-21-22-17(13-30-21)11-25-6-8-27-9-7-25/h3-5,10,13H,6-9,11-12H2,1-2H3,(H,22,23,26). The first-order valence-corrected chi connectivity index (χ1v) is 10.7. The lowest BCUT2D eigenvalue weighted by atomic mass is 10.2. The zero-order valence-corrected chi connectivity index (χ0v) is 17.8. The molecule has 1 N–H and O–H groups in total. The van der Waals surface area contributed by atoms with E-state index in [-0.39, 0.29) is 5.91 Å². The summed E-state index contributed by atoms with van der Waals surface area (Å²) in [4.78, 5) is 19.5. The molecule has 9 heteroatoms. The average molecular weight is 429 g/mol. The van der Waals surface area contributed by atoms with Gasteiger partial charge in [-0.15, -0.1) is 11.3 Å². The molecule has 1 aliphatic rings. The van der Waals surface area contributed by atoms with Crippen LogP contribution in [0.5, 0.6) is 5.75 Å². The van der Waals surface area contributed by atoms with E-state index >= 15 is 0 Å². The Bertz CT molecular complexity index is 991. The molecule has 1 aromatic carbocycles. The lowest BCUT2D eigenvalue weighted by Gasteiger charge is -2.25. The van der Waals surface area contributed by atoms with E-state index in [0.717, 1.165) is 55.6 Å². The van der Waals surface area contributed by atoms with Gasteiger partial charge in [0.05, 0.1) is 30.2 Å². The molecule has 1 aliphatic heterocycles. The number of nitrogens with zero attached hydrogens (tertiary/aromatic N) is 3. The Kier molecular flexibility index (Phi) is 6.41. The Labute approximate surface area is 178 Å². The van der Waals surface area contributed by atoms with Crippen LogP contribution in [0.1, 0.15) is 33.1 Å². The molecule has 0 bridgehead atoms. The van der Waals surface area contributed by atoms with Crippen LogP contribution in [0.4, 0.5) is 5.13 Å². The number of nitrogens with one attached hydrogen (secondary N) is 1. The van der Waals surface area contributed by atoms with Gasteiger partial charge in [0.25, 0.3) is 5.91 Å². The predicted molar refractivity (Wildman–Crippen MR) is 113 cm³/mol. The first-order chi connectivity index (χ1) is 14.6. The van der Waals surface area contributed by atoms with E-state index in [1.54, 1.807) is 18.2 Å². The maximum atomic E-state index is 12.7. The van der Waals surface area contributed by atoms with E-state index in [1.807, 2.05) is 25.3 Å². The van der Waals surface area contributed by atoms with Crippen molar-refractivity contribution < 1.29 is 18.8 Å². The van der Waals surface area contributed by atoms with Gasteiger partial charge in [-0.25, -0.2) is 4.98 Å². The summed E-state index contributed by atoms with van der Waals surface area (Å²) in [5, 5.41) is 9.37. The van der Waals surface area contributed by atoms with Crippen LogP contribution in [-0.4, -0.2) is 47.3 Å². The highest BCUT2D eigenvalue weighted by molar-refractivity contribution is 7.13. The number of hydrogen-bond acceptors (Lipinski definition) is 8. The van der Waals surface area contributed by atoms with Gasteiger partial charge in [0, 0.05) is 30.6 Å². The number of benzene rings is 1. The van der Waals surface area contributed by atoms with Crippen LogP contribution < -0.4 is 10.1 Å². The first kappa shape index (κ1) is 20.5. The van der Waals surface area contributed by atoms with Crippen molar-refractivity contribution in [3.63, 3.8) is 0 Å². The third kappa shape index (κ3) is 5.05. The highest BCUT2D eigenvalue weighted by Crippen LogP contribution is 2.21. The zero-order valence-electron chi connectivity index (χ0n) is 17.0. The molecule has 0 unspecified atom stereocenters. The number of aromatic nitrogens is 2. The van der Waals surface area contributed by atoms with Gasteiger partial charge in [0.2, 0.25) is 0 Å². The number of morpholine rings is 1. The summed E-state index contributed by atoms with van der Waals surface area (Å²) in [6.45, 7) is 8.14. The number of amides is 1. The summed E-state index contributed by atoms with van der Waals surface area (Å²) >= 11 is 1.43. The van der Waals surface area contributed by atoms with Crippen molar-refractivity contribution in [1.29, 1.82) is 0 Å². The summed E-state index contributed by atoms with van der Waals surface area (Å²) in [5.41, 5.74) is 3.18. The molecule has 2 aromatic heterocycles. The van der Waals surface area contributed by atoms with E-state index < -0.39 is 0 Å². The topological polar surface area (TPSA) is 89.7 Å². The second-order valence-electron chi connectivity index (χ2n) is 7.11. The Morgan fingerprint density at radius 2 is 2.13 bits per heavy atom. The van der Waals surface area contributed by atoms with E-state index in [2.05, 4.69) is 20.4 Å². The van der Waals surface area contributed by atoms with Crippen LogP contribution in [0.2, 0.25) is 0 Å². The maximum absolute atomic E-state index is 12.7. The largest absolute Gasteiger partial charge is 0.489 e. The predicted octanol–water partition coefficient (Wildman–Crippen LogP) is 3.41. The van der Waals surface area contributed by atoms with E-state index in [1.165, 1.54) is 11.3 Å². The number of anilines is 1. The number of ether oxygens (including phenoxy) is 2. The number of thiazole rings is 1. The van der Waals surface area contributed by atoms with Crippen LogP contribution in [0.15, 0.2) is 34.2 Å². The minimum Gasteiger partial charge on any atom is -0.489 e. The van der Waals surface area contributed by atoms with Crippen LogP contribution in [-0.2, 0) is 17.9 Å². The van der Waals surface area contributed by atoms with Crippen molar-refractivity contribution in [3.05, 3.63) is 57.9 Å². The van der Waals surface area contributed by atoms with Crippen LogP contribution in [0.25, 0.3) is 0 Å². The van der Waals surface area contributed by atoms with Gasteiger partial charge in [-0.3, -0.25) is 15.0 Å². The Morgan fingerprint density at radius 3 is 2.90 bits per heavy atom. The molecule has 1 amide bonds. The number of carbonyl (C=O) groups is 1. The highest BCUT2D eigenvalue weighted by atomic mass is 32.1. The minimum atomic E-state index is -0.218. The van der Waals surface area contributed by atoms with Crippen molar-refractivity contribution >= 4 is 22.4 Å². The number of carbonyl (C=O) groups excluding carboxylic acids is 1. The molecular weight excluding hydrogens is 404 g/mol. The lowest BCUT2D eigenvalue weighted by Crippen LogP contribution is -2.35. The summed E-state index contributed by atoms with van der Waals surface area (Å²) < 4.78 is 16.4. The fourth-order valence-corrected chi connectivity index (χ4v) is 3.88. The van der Waals surface area contributed by atoms with Gasteiger partial charge < -0.3 is 14.0 Å². The lowest BCUT2D eigenvalue weighted by molar-refractivity contribution is 0.0337. The average Bonchev–Trinajstić information content (AvgIpc) is 3.33. The Morgan fingerprint density at radius 1 is 1.30 bits per heavy atom. The molecule has 4 rings (SSSR count). The molecule has 0 radical (unpaired) electrons.